The molecule has 148 valence electrons. The van der Waals surface area contributed by atoms with Gasteiger partial charge in [0.25, 0.3) is 11.8 Å². The van der Waals surface area contributed by atoms with Crippen LogP contribution in [0.1, 0.15) is 38.0 Å². The van der Waals surface area contributed by atoms with Crippen LogP contribution in [-0.4, -0.2) is 51.1 Å². The summed E-state index contributed by atoms with van der Waals surface area (Å²) in [4.78, 5) is 27.1. The molecule has 0 aliphatic rings. The summed E-state index contributed by atoms with van der Waals surface area (Å²) >= 11 is 0. The van der Waals surface area contributed by atoms with Crippen molar-refractivity contribution in [2.24, 2.45) is 15.5 Å². The molecule has 1 aromatic rings. The van der Waals surface area contributed by atoms with Crippen LogP contribution in [0.3, 0.4) is 0 Å². The fraction of sp³-hybridized carbons (Fsp3) is 0.444. The van der Waals surface area contributed by atoms with Gasteiger partial charge in [0.1, 0.15) is 26.5 Å². The van der Waals surface area contributed by atoms with Crippen molar-refractivity contribution < 1.29 is 24.0 Å². The molecular formula is C18H26N4O5. The van der Waals surface area contributed by atoms with Gasteiger partial charge < -0.3 is 24.6 Å². The number of carbonyl (C=O) groups is 1. The van der Waals surface area contributed by atoms with Gasteiger partial charge in [-0.1, -0.05) is 34.6 Å². The summed E-state index contributed by atoms with van der Waals surface area (Å²) in [6.07, 6.45) is 0.738. The first-order chi connectivity index (χ1) is 12.9. The van der Waals surface area contributed by atoms with E-state index in [0.29, 0.717) is 11.1 Å². The monoisotopic (exact) mass is 378 g/mol. The zero-order valence-electron chi connectivity index (χ0n) is 16.4. The fourth-order valence-electron chi connectivity index (χ4n) is 2.12. The van der Waals surface area contributed by atoms with Crippen LogP contribution < -0.4 is 5.32 Å². The Morgan fingerprint density at radius 1 is 1.11 bits per heavy atom. The van der Waals surface area contributed by atoms with Gasteiger partial charge in [-0.2, -0.15) is 0 Å². The Morgan fingerprint density at radius 3 is 2.37 bits per heavy atom. The summed E-state index contributed by atoms with van der Waals surface area (Å²) in [5, 5.41) is 14.0. The van der Waals surface area contributed by atoms with Crippen molar-refractivity contribution in [3.63, 3.8) is 0 Å². The lowest BCUT2D eigenvalue weighted by atomic mass is 9.99. The molecule has 0 spiro atoms. The number of likely N-dealkylation sites (N-methyl/N-ethyl adjacent to an activating group) is 1. The van der Waals surface area contributed by atoms with E-state index in [2.05, 4.69) is 20.8 Å². The SMILES string of the molecule is CNC(=O)/C(=N/OC)c1ccccc1C(C)O/N=C/C(=N/OC)OC(C)C. The topological polar surface area (TPSA) is 103 Å². The average Bonchev–Trinajstić information content (AvgIpc) is 2.65. The van der Waals surface area contributed by atoms with Crippen LogP contribution in [0, 0.1) is 0 Å². The Bertz CT molecular complexity index is 701. The van der Waals surface area contributed by atoms with Crippen LogP contribution in [-0.2, 0) is 24.0 Å². The average molecular weight is 378 g/mol. The smallest absolute Gasteiger partial charge is 0.273 e. The number of rotatable bonds is 9. The summed E-state index contributed by atoms with van der Waals surface area (Å²) in [5.74, 6) is -0.195. The molecule has 0 aromatic heterocycles. The maximum absolute atomic E-state index is 12.1. The first kappa shape index (κ1) is 21.9. The summed E-state index contributed by atoms with van der Waals surface area (Å²) < 4.78 is 5.43. The van der Waals surface area contributed by atoms with Gasteiger partial charge in [0, 0.05) is 18.2 Å². The molecule has 1 rings (SSSR count). The molecule has 1 N–H and O–H groups in total. The number of hydrogen-bond acceptors (Lipinski definition) is 8. The van der Waals surface area contributed by atoms with Crippen molar-refractivity contribution in [3.8, 4) is 0 Å². The lowest BCUT2D eigenvalue weighted by molar-refractivity contribution is -0.114. The van der Waals surface area contributed by atoms with Crippen molar-refractivity contribution >= 4 is 23.7 Å². The quantitative estimate of drug-likeness (QED) is 0.403. The first-order valence-electron chi connectivity index (χ1n) is 8.34. The maximum atomic E-state index is 12.1. The minimum Gasteiger partial charge on any atom is -0.472 e. The van der Waals surface area contributed by atoms with Gasteiger partial charge in [-0.05, 0) is 25.9 Å². The van der Waals surface area contributed by atoms with E-state index in [-0.39, 0.29) is 23.6 Å². The molecule has 1 unspecified atom stereocenters. The van der Waals surface area contributed by atoms with E-state index < -0.39 is 6.10 Å². The summed E-state index contributed by atoms with van der Waals surface area (Å²) in [7, 11) is 4.31. The van der Waals surface area contributed by atoms with Crippen LogP contribution in [0.5, 0.6) is 0 Å². The van der Waals surface area contributed by atoms with Gasteiger partial charge in [0.15, 0.2) is 5.71 Å². The molecule has 1 amide bonds. The van der Waals surface area contributed by atoms with Crippen LogP contribution >= 0.6 is 0 Å². The first-order valence-corrected chi connectivity index (χ1v) is 8.34. The lowest BCUT2D eigenvalue weighted by Gasteiger charge is -2.15. The number of amides is 1. The summed E-state index contributed by atoms with van der Waals surface area (Å²) in [6.45, 7) is 5.50. The minimum atomic E-state index is -0.480. The van der Waals surface area contributed by atoms with Crippen molar-refractivity contribution in [2.75, 3.05) is 21.3 Å². The molecule has 0 saturated heterocycles. The molecule has 0 fully saturated rings. The van der Waals surface area contributed by atoms with Gasteiger partial charge >= 0.3 is 0 Å². The van der Waals surface area contributed by atoms with E-state index in [1.807, 2.05) is 26.0 Å². The highest BCUT2D eigenvalue weighted by molar-refractivity contribution is 6.45. The van der Waals surface area contributed by atoms with Gasteiger partial charge in [0.2, 0.25) is 0 Å². The highest BCUT2D eigenvalue weighted by atomic mass is 16.6. The second kappa shape index (κ2) is 11.5. The third-order valence-electron chi connectivity index (χ3n) is 3.20. The van der Waals surface area contributed by atoms with Crippen LogP contribution in [0.25, 0.3) is 0 Å². The number of nitrogens with zero attached hydrogens (tertiary/aromatic N) is 3. The van der Waals surface area contributed by atoms with Crippen molar-refractivity contribution in [1.82, 2.24) is 5.32 Å². The second-order valence-corrected chi connectivity index (χ2v) is 5.55. The molecular weight excluding hydrogens is 352 g/mol. The predicted molar refractivity (Wildman–Crippen MR) is 103 cm³/mol. The molecule has 0 bridgehead atoms. The molecule has 0 heterocycles. The highest BCUT2D eigenvalue weighted by Crippen LogP contribution is 2.22. The van der Waals surface area contributed by atoms with Crippen molar-refractivity contribution in [1.29, 1.82) is 0 Å². The molecule has 1 atom stereocenters. The Hall–Kier alpha value is -3.10. The molecule has 0 aliphatic carbocycles. The number of ether oxygens (including phenoxy) is 1. The fourth-order valence-corrected chi connectivity index (χ4v) is 2.12. The molecule has 9 nitrogen and oxygen atoms in total. The standard InChI is InChI=1S/C18H26N4O5/c1-12(2)26-16(21-24-5)11-20-27-13(3)14-9-7-8-10-15(14)17(22-25-6)18(23)19-4/h7-13H,1-6H3,(H,19,23)/b20-11+,21-16-,22-17+. The molecule has 0 saturated carbocycles. The van der Waals surface area contributed by atoms with Crippen molar-refractivity contribution in [2.45, 2.75) is 33.0 Å². The van der Waals surface area contributed by atoms with E-state index in [1.165, 1.54) is 27.5 Å². The van der Waals surface area contributed by atoms with E-state index >= 15 is 0 Å². The summed E-state index contributed by atoms with van der Waals surface area (Å²) in [6, 6.07) is 7.20. The Labute approximate surface area is 159 Å². The van der Waals surface area contributed by atoms with E-state index in [9.17, 15) is 4.79 Å². The summed E-state index contributed by atoms with van der Waals surface area (Å²) in [5.41, 5.74) is 1.43. The molecule has 9 heteroatoms. The third-order valence-corrected chi connectivity index (χ3v) is 3.20. The van der Waals surface area contributed by atoms with E-state index in [1.54, 1.807) is 19.1 Å². The van der Waals surface area contributed by atoms with Crippen LogP contribution in [0.2, 0.25) is 0 Å². The zero-order chi connectivity index (χ0) is 20.2. The Kier molecular flexibility index (Phi) is 9.35. The minimum absolute atomic E-state index is 0.0936. The van der Waals surface area contributed by atoms with Crippen LogP contribution in [0.15, 0.2) is 39.7 Å². The normalized spacial score (nSPS) is 13.4. The van der Waals surface area contributed by atoms with Crippen LogP contribution in [0.4, 0.5) is 0 Å². The molecule has 27 heavy (non-hydrogen) atoms. The Morgan fingerprint density at radius 2 is 1.78 bits per heavy atom. The number of hydrogen-bond donors (Lipinski definition) is 1. The lowest BCUT2D eigenvalue weighted by Crippen LogP contribution is -2.29. The third kappa shape index (κ3) is 6.96. The number of benzene rings is 1. The van der Waals surface area contributed by atoms with Gasteiger partial charge in [-0.25, -0.2) is 0 Å². The Balaban J connectivity index is 3.03. The van der Waals surface area contributed by atoms with E-state index in [4.69, 9.17) is 19.2 Å². The largest absolute Gasteiger partial charge is 0.472 e. The van der Waals surface area contributed by atoms with Gasteiger partial charge in [0.05, 0.1) is 6.10 Å². The number of oxime groups is 3. The predicted octanol–water partition coefficient (Wildman–Crippen LogP) is 2.23. The second-order valence-electron chi connectivity index (χ2n) is 5.55. The molecule has 0 aliphatic heterocycles. The zero-order valence-corrected chi connectivity index (χ0v) is 16.4. The molecule has 1 aromatic carbocycles. The highest BCUT2D eigenvalue weighted by Gasteiger charge is 2.21. The number of nitrogens with one attached hydrogen (secondary N) is 1. The molecule has 0 radical (unpaired) electrons. The number of carbonyl (C=O) groups excluding carboxylic acids is 1. The van der Waals surface area contributed by atoms with Gasteiger partial charge in [-0.3, -0.25) is 4.79 Å². The maximum Gasteiger partial charge on any atom is 0.273 e. The van der Waals surface area contributed by atoms with E-state index in [0.717, 1.165) is 0 Å². The van der Waals surface area contributed by atoms with Crippen molar-refractivity contribution in [3.05, 3.63) is 35.4 Å². The van der Waals surface area contributed by atoms with Gasteiger partial charge in [-0.15, -0.1) is 0 Å².